The third-order valence-electron chi connectivity index (χ3n) is 20.1. The summed E-state index contributed by atoms with van der Waals surface area (Å²) in [6.07, 6.45) is -22.6. The molecule has 0 unspecified atom stereocenters. The van der Waals surface area contributed by atoms with Crippen LogP contribution in [-0.2, 0) is 47.4 Å². The molecule has 0 aromatic carbocycles. The zero-order valence-electron chi connectivity index (χ0n) is 43.3. The van der Waals surface area contributed by atoms with Crippen LogP contribution in [0.15, 0.2) is 0 Å². The highest BCUT2D eigenvalue weighted by Gasteiger charge is 2.69. The first-order valence-electron chi connectivity index (χ1n) is 27.2. The summed E-state index contributed by atoms with van der Waals surface area (Å²) >= 11 is 0. The maximum absolute atomic E-state index is 11.6. The molecular weight excluding hydrogens is 981 g/mol. The monoisotopic (exact) mass is 1070 g/mol. The third-order valence-corrected chi connectivity index (χ3v) is 20.1. The molecule has 23 heteroatoms. The number of fused-ring (bicyclic) bond motifs is 7. The molecule has 0 spiro atoms. The van der Waals surface area contributed by atoms with Gasteiger partial charge in [0.25, 0.3) is 0 Å². The molecule has 9 aliphatic rings. The lowest BCUT2D eigenvalue weighted by molar-refractivity contribution is -0.389. The van der Waals surface area contributed by atoms with Gasteiger partial charge in [-0.1, -0.05) is 20.8 Å². The Balaban J connectivity index is 0.800. The molecule has 32 atom stereocenters. The fraction of sp³-hybridized carbons (Fsp3) is 1.00. The molecule has 9 fully saturated rings. The maximum atomic E-state index is 11.6. The molecule has 0 bridgehead atoms. The predicted octanol–water partition coefficient (Wildman–Crippen LogP) is -2.52. The zero-order chi connectivity index (χ0) is 53.5. The van der Waals surface area contributed by atoms with Crippen LogP contribution in [0.1, 0.15) is 98.8 Å². The van der Waals surface area contributed by atoms with Crippen molar-refractivity contribution in [1.82, 2.24) is 0 Å². The van der Waals surface area contributed by atoms with Crippen LogP contribution in [0.2, 0.25) is 0 Å². The average molecular weight is 1070 g/mol. The van der Waals surface area contributed by atoms with Crippen molar-refractivity contribution in [2.24, 2.45) is 46.3 Å². The molecule has 5 heterocycles. The smallest absolute Gasteiger partial charge is 0.187 e. The predicted molar refractivity (Wildman–Crippen MR) is 250 cm³/mol. The average Bonchev–Trinajstić information content (AvgIpc) is 3.85. The van der Waals surface area contributed by atoms with E-state index in [1.165, 1.54) is 6.92 Å². The molecule has 5 aliphatic heterocycles. The highest BCUT2D eigenvalue weighted by molar-refractivity contribution is 5.15. The zero-order valence-corrected chi connectivity index (χ0v) is 43.3. The number of aliphatic hydroxyl groups excluding tert-OH is 13. The number of methoxy groups -OCH3 is 1. The van der Waals surface area contributed by atoms with Crippen LogP contribution in [0.25, 0.3) is 0 Å². The Morgan fingerprint density at radius 1 is 0.554 bits per heavy atom. The fourth-order valence-electron chi connectivity index (χ4n) is 15.8. The first-order chi connectivity index (χ1) is 35.1. The Bertz CT molecular complexity index is 1850. The molecule has 13 N–H and O–H groups in total. The molecule has 23 nitrogen and oxygen atoms in total. The van der Waals surface area contributed by atoms with Crippen LogP contribution in [0.3, 0.4) is 0 Å². The van der Waals surface area contributed by atoms with E-state index in [1.54, 1.807) is 7.11 Å². The normalized spacial score (nSPS) is 56.0. The van der Waals surface area contributed by atoms with Gasteiger partial charge in [0, 0.05) is 19.4 Å². The van der Waals surface area contributed by atoms with Crippen molar-refractivity contribution in [3.63, 3.8) is 0 Å². The summed E-state index contributed by atoms with van der Waals surface area (Å²) in [4.78, 5) is 0. The van der Waals surface area contributed by atoms with Crippen molar-refractivity contribution in [1.29, 1.82) is 0 Å². The third kappa shape index (κ3) is 10.1. The van der Waals surface area contributed by atoms with Gasteiger partial charge in [-0.05, 0) is 112 Å². The van der Waals surface area contributed by atoms with Crippen LogP contribution in [0.4, 0.5) is 0 Å². The molecule has 428 valence electrons. The lowest BCUT2D eigenvalue weighted by atomic mass is 9.44. The molecular formula is C51H86O23. The van der Waals surface area contributed by atoms with Gasteiger partial charge in [0.05, 0.1) is 44.2 Å². The molecule has 4 aliphatic carbocycles. The quantitative estimate of drug-likeness (QED) is 0.0753. The molecule has 9 rings (SSSR count). The summed E-state index contributed by atoms with van der Waals surface area (Å²) in [5.74, 6) is 1.30. The van der Waals surface area contributed by atoms with Crippen molar-refractivity contribution >= 4 is 0 Å². The Morgan fingerprint density at radius 2 is 1.12 bits per heavy atom. The van der Waals surface area contributed by atoms with Gasteiger partial charge >= 0.3 is 0 Å². The van der Waals surface area contributed by atoms with E-state index in [1.807, 2.05) is 6.92 Å². The number of ether oxygens (including phenoxy) is 10. The van der Waals surface area contributed by atoms with Gasteiger partial charge in [-0.15, -0.1) is 0 Å². The van der Waals surface area contributed by atoms with Gasteiger partial charge in [0.1, 0.15) is 91.6 Å². The molecule has 74 heavy (non-hydrogen) atoms. The summed E-state index contributed by atoms with van der Waals surface area (Å²) in [6, 6.07) is 0. The summed E-state index contributed by atoms with van der Waals surface area (Å²) < 4.78 is 60.7. The van der Waals surface area contributed by atoms with E-state index in [0.29, 0.717) is 49.4 Å². The van der Waals surface area contributed by atoms with E-state index < -0.39 is 155 Å². The Hall–Kier alpha value is -0.920. The Kier molecular flexibility index (Phi) is 17.6. The van der Waals surface area contributed by atoms with E-state index in [9.17, 15) is 66.4 Å². The Labute approximate surface area is 431 Å². The van der Waals surface area contributed by atoms with Crippen LogP contribution in [-0.4, -0.2) is 240 Å². The van der Waals surface area contributed by atoms with Gasteiger partial charge in [-0.2, -0.15) is 0 Å². The lowest BCUT2D eigenvalue weighted by Crippen LogP contribution is -2.67. The summed E-state index contributed by atoms with van der Waals surface area (Å²) in [5, 5.41) is 137. The minimum atomic E-state index is -1.83. The van der Waals surface area contributed by atoms with Gasteiger partial charge in [0.15, 0.2) is 30.9 Å². The fourth-order valence-corrected chi connectivity index (χ4v) is 15.8. The van der Waals surface area contributed by atoms with Crippen molar-refractivity contribution < 1.29 is 114 Å². The first kappa shape index (κ1) is 57.8. The number of hydrogen-bond acceptors (Lipinski definition) is 23. The van der Waals surface area contributed by atoms with Gasteiger partial charge in [-0.25, -0.2) is 0 Å². The standard InChI is InChI=1S/C51H86O23/c1-20(66-45-41(63)37(59)34(56)29(17-52)69-45)9-14-51(65-6)21(2)32-28(74-51)16-27-25-8-7-23-15-24(10-12-49(23,4)26(25)11-13-50(27,32)5)68-47-42(64)39(61)43(31(19-54)71-47)72-48-44(38(60)35(57)30(18-53)70-48)73-46-40(62)36(58)33(55)22(3)67-46/h20-48,52-64H,7-19H2,1-6H3/t20-,21-,22-,23+,24-,25+,26-,27-,28-,29+,30+,31+,32-,33-,34+,35+,36+,37-,38-,39+,40+,41+,42+,43+,44+,45+,46-,47+,48-,49-,50-,51+/m0/s1. The van der Waals surface area contributed by atoms with E-state index in [-0.39, 0.29) is 34.9 Å². The van der Waals surface area contributed by atoms with E-state index >= 15 is 0 Å². The van der Waals surface area contributed by atoms with E-state index in [2.05, 4.69) is 20.8 Å². The Morgan fingerprint density at radius 3 is 1.80 bits per heavy atom. The van der Waals surface area contributed by atoms with Crippen molar-refractivity contribution in [2.45, 2.75) is 246 Å². The first-order valence-corrected chi connectivity index (χ1v) is 27.2. The minimum Gasteiger partial charge on any atom is -0.394 e. The number of hydrogen-bond donors (Lipinski definition) is 13. The largest absolute Gasteiger partial charge is 0.394 e. The van der Waals surface area contributed by atoms with Crippen LogP contribution in [0, 0.1) is 46.3 Å². The van der Waals surface area contributed by atoms with Gasteiger partial charge in [0.2, 0.25) is 0 Å². The molecule has 5 saturated heterocycles. The summed E-state index contributed by atoms with van der Waals surface area (Å²) in [5.41, 5.74) is 0.0723. The molecule has 0 radical (unpaired) electrons. The van der Waals surface area contributed by atoms with Crippen molar-refractivity contribution in [2.75, 3.05) is 26.9 Å². The second kappa shape index (κ2) is 22.6. The summed E-state index contributed by atoms with van der Waals surface area (Å²) in [7, 11) is 1.69. The second-order valence-corrected chi connectivity index (χ2v) is 23.9. The number of aliphatic hydroxyl groups is 13. The van der Waals surface area contributed by atoms with Crippen molar-refractivity contribution in [3.8, 4) is 0 Å². The van der Waals surface area contributed by atoms with E-state index in [4.69, 9.17) is 47.4 Å². The van der Waals surface area contributed by atoms with Crippen LogP contribution >= 0.6 is 0 Å². The van der Waals surface area contributed by atoms with Gasteiger partial charge < -0.3 is 114 Å². The molecule has 0 aromatic rings. The molecule has 4 saturated carbocycles. The SMILES string of the molecule is CO[C@]1(CC[C@H](C)O[C@@H]2O[C@H](CO)[C@@H](O)[C@H](O)[C@H]2O)O[C@H]2C[C@H]3[C@@H]4CC[C@@H]5C[C@@H](O[C@@H]6O[C@H](CO)[C@@H](O[C@@H]7O[C@H](CO)[C@@H](O)[C@H](O)[C@H]7O[C@@H]7O[C@@H](C)[C@H](O)[C@@H](O)[C@H]7O)[C@H](O)[C@H]6O)CC[C@]5(C)[C@H]4CC[C@]3(C)[C@H]2[C@@H]1C. The van der Waals surface area contributed by atoms with Crippen LogP contribution in [0.5, 0.6) is 0 Å². The second-order valence-electron chi connectivity index (χ2n) is 23.9. The van der Waals surface area contributed by atoms with E-state index in [0.717, 1.165) is 38.5 Å². The minimum absolute atomic E-state index is 0.0156. The van der Waals surface area contributed by atoms with Crippen molar-refractivity contribution in [3.05, 3.63) is 0 Å². The number of rotatable bonds is 15. The molecule has 0 aromatic heterocycles. The topological polar surface area (TPSA) is 355 Å². The summed E-state index contributed by atoms with van der Waals surface area (Å²) in [6.45, 7) is 8.38. The molecule has 0 amide bonds. The maximum Gasteiger partial charge on any atom is 0.187 e. The van der Waals surface area contributed by atoms with Gasteiger partial charge in [-0.3, -0.25) is 0 Å². The van der Waals surface area contributed by atoms with Crippen LogP contribution < -0.4 is 0 Å². The lowest BCUT2D eigenvalue weighted by Gasteiger charge is -2.61. The highest BCUT2D eigenvalue weighted by atomic mass is 16.8. The highest BCUT2D eigenvalue weighted by Crippen LogP contribution is 2.71.